The summed E-state index contributed by atoms with van der Waals surface area (Å²) in [6.45, 7) is 3.93. The van der Waals surface area contributed by atoms with E-state index in [0.29, 0.717) is 28.6 Å². The van der Waals surface area contributed by atoms with Gasteiger partial charge < -0.3 is 15.4 Å². The monoisotopic (exact) mass is 393 g/mol. The molecule has 150 valence electrons. The third-order valence-electron chi connectivity index (χ3n) is 4.02. The number of rotatable bonds is 6. The second-order valence-electron chi connectivity index (χ2n) is 6.59. The molecule has 3 aromatic rings. The van der Waals surface area contributed by atoms with Crippen LogP contribution in [0.1, 0.15) is 30.0 Å². The molecule has 0 atom stereocenters. The summed E-state index contributed by atoms with van der Waals surface area (Å²) in [6.07, 6.45) is 3.51. The Morgan fingerprint density at radius 2 is 2.00 bits per heavy atom. The number of nitrogens with zero attached hydrogens (tertiary/aromatic N) is 5. The van der Waals surface area contributed by atoms with Crippen LogP contribution in [0.4, 0.5) is 11.4 Å². The molecule has 0 aliphatic heterocycles. The van der Waals surface area contributed by atoms with Crippen molar-refractivity contribution in [1.29, 1.82) is 0 Å². The van der Waals surface area contributed by atoms with Crippen LogP contribution in [0.5, 0.6) is 5.75 Å². The first-order valence-corrected chi connectivity index (χ1v) is 8.97. The fourth-order valence-electron chi connectivity index (χ4n) is 2.79. The van der Waals surface area contributed by atoms with Gasteiger partial charge in [-0.3, -0.25) is 9.48 Å². The number of carbonyl (C=O) groups is 1. The van der Waals surface area contributed by atoms with E-state index in [4.69, 9.17) is 4.74 Å². The number of para-hydroxylation sites is 1. The minimum Gasteiger partial charge on any atom is -0.494 e. The van der Waals surface area contributed by atoms with Crippen LogP contribution in [0.25, 0.3) is 17.5 Å². The number of nitrogens with one attached hydrogen (secondary N) is 2. The highest BCUT2D eigenvalue weighted by Crippen LogP contribution is 2.36. The number of aryl methyl sites for hydroxylation is 1. The van der Waals surface area contributed by atoms with Gasteiger partial charge in [0, 0.05) is 14.1 Å². The second kappa shape index (κ2) is 8.51. The molecular weight excluding hydrogens is 370 g/mol. The van der Waals surface area contributed by atoms with Gasteiger partial charge in [-0.1, -0.05) is 11.6 Å². The number of anilines is 2. The van der Waals surface area contributed by atoms with Crippen molar-refractivity contribution in [1.82, 2.24) is 30.3 Å². The van der Waals surface area contributed by atoms with Gasteiger partial charge in [-0.25, -0.2) is 4.98 Å². The zero-order valence-corrected chi connectivity index (χ0v) is 17.0. The molecule has 0 aliphatic carbocycles. The Bertz CT molecular complexity index is 1070. The molecule has 0 saturated heterocycles. The summed E-state index contributed by atoms with van der Waals surface area (Å²) >= 11 is 0. The molecule has 29 heavy (non-hydrogen) atoms. The Hall–Kier alpha value is -3.75. The molecule has 0 saturated carbocycles. The van der Waals surface area contributed by atoms with Crippen molar-refractivity contribution in [3.63, 3.8) is 0 Å². The molecule has 9 nitrogen and oxygen atoms in total. The van der Waals surface area contributed by atoms with Crippen molar-refractivity contribution in [3.8, 4) is 17.1 Å². The summed E-state index contributed by atoms with van der Waals surface area (Å²) in [4.78, 5) is 16.6. The van der Waals surface area contributed by atoms with Crippen LogP contribution in [-0.4, -0.2) is 45.0 Å². The average molecular weight is 393 g/mol. The highest BCUT2D eigenvalue weighted by molar-refractivity contribution is 5.98. The van der Waals surface area contributed by atoms with E-state index in [9.17, 15) is 4.79 Å². The molecule has 2 heterocycles. The van der Waals surface area contributed by atoms with E-state index in [1.807, 2.05) is 38.1 Å². The normalized spacial score (nSPS) is 10.4. The number of hydrogen-bond donors (Lipinski definition) is 2. The number of allylic oxidation sites excluding steroid dienone is 1. The number of amides is 1. The van der Waals surface area contributed by atoms with Crippen molar-refractivity contribution in [2.45, 2.75) is 13.8 Å². The van der Waals surface area contributed by atoms with Gasteiger partial charge in [0.05, 0.1) is 29.7 Å². The SMILES string of the molecule is CNC(=O)c1nnc(C=C(C)C)cc1Nc1cccc(-c2ncn(C)n2)c1OC. The van der Waals surface area contributed by atoms with Gasteiger partial charge in [0.1, 0.15) is 6.33 Å². The lowest BCUT2D eigenvalue weighted by Crippen LogP contribution is -2.21. The van der Waals surface area contributed by atoms with E-state index in [-0.39, 0.29) is 11.6 Å². The fourth-order valence-corrected chi connectivity index (χ4v) is 2.79. The van der Waals surface area contributed by atoms with Gasteiger partial charge in [0.15, 0.2) is 17.3 Å². The van der Waals surface area contributed by atoms with Crippen molar-refractivity contribution >= 4 is 23.4 Å². The number of ether oxygens (including phenoxy) is 1. The van der Waals surface area contributed by atoms with Gasteiger partial charge in [-0.05, 0) is 38.1 Å². The maximum Gasteiger partial charge on any atom is 0.273 e. The van der Waals surface area contributed by atoms with Crippen LogP contribution in [0.3, 0.4) is 0 Å². The van der Waals surface area contributed by atoms with Crippen LogP contribution in [0, 0.1) is 0 Å². The number of methoxy groups -OCH3 is 1. The Kier molecular flexibility index (Phi) is 5.87. The molecule has 3 rings (SSSR count). The topological polar surface area (TPSA) is 107 Å². The zero-order chi connectivity index (χ0) is 21.0. The summed E-state index contributed by atoms with van der Waals surface area (Å²) < 4.78 is 7.26. The highest BCUT2D eigenvalue weighted by atomic mass is 16.5. The fraction of sp³-hybridized carbons (Fsp3) is 0.250. The zero-order valence-electron chi connectivity index (χ0n) is 17.0. The van der Waals surface area contributed by atoms with Crippen molar-refractivity contribution < 1.29 is 9.53 Å². The number of aromatic nitrogens is 5. The minimum atomic E-state index is -0.342. The van der Waals surface area contributed by atoms with Gasteiger partial charge in [-0.2, -0.15) is 10.2 Å². The van der Waals surface area contributed by atoms with Gasteiger partial charge >= 0.3 is 0 Å². The lowest BCUT2D eigenvalue weighted by atomic mass is 10.1. The number of carbonyl (C=O) groups excluding carboxylic acids is 1. The predicted octanol–water partition coefficient (Wildman–Crippen LogP) is 2.81. The molecule has 0 bridgehead atoms. The Labute approximate surface area is 168 Å². The first kappa shape index (κ1) is 20.0. The molecule has 2 aromatic heterocycles. The van der Waals surface area contributed by atoms with E-state index in [2.05, 4.69) is 30.9 Å². The van der Waals surface area contributed by atoms with Crippen molar-refractivity contribution in [2.75, 3.05) is 19.5 Å². The largest absolute Gasteiger partial charge is 0.494 e. The van der Waals surface area contributed by atoms with Crippen LogP contribution in [0.15, 0.2) is 36.2 Å². The van der Waals surface area contributed by atoms with E-state index in [1.165, 1.54) is 0 Å². The third-order valence-corrected chi connectivity index (χ3v) is 4.02. The number of hydrogen-bond acceptors (Lipinski definition) is 7. The predicted molar refractivity (Wildman–Crippen MR) is 111 cm³/mol. The quantitative estimate of drug-likeness (QED) is 0.663. The molecule has 1 amide bonds. The molecule has 0 spiro atoms. The van der Waals surface area contributed by atoms with E-state index < -0.39 is 0 Å². The van der Waals surface area contributed by atoms with Crippen LogP contribution in [0.2, 0.25) is 0 Å². The van der Waals surface area contributed by atoms with Gasteiger partial charge in [0.25, 0.3) is 5.91 Å². The standard InChI is InChI=1S/C20H23N7O2/c1-12(2)9-13-10-16(17(25-24-13)20(28)21-3)23-15-8-6-7-14(18(15)29-5)19-22-11-27(4)26-19/h6-11H,1-5H3,(H,21,28)(H,23,24). The van der Waals surface area contributed by atoms with Crippen molar-refractivity contribution in [3.05, 3.63) is 47.6 Å². The maximum absolute atomic E-state index is 12.3. The Morgan fingerprint density at radius 3 is 2.62 bits per heavy atom. The Morgan fingerprint density at radius 1 is 1.21 bits per heavy atom. The minimum absolute atomic E-state index is 0.182. The van der Waals surface area contributed by atoms with Crippen LogP contribution < -0.4 is 15.4 Å². The molecule has 2 N–H and O–H groups in total. The van der Waals surface area contributed by atoms with Gasteiger partial charge in [-0.15, -0.1) is 5.10 Å². The molecule has 1 aromatic carbocycles. The number of benzene rings is 1. The molecule has 9 heteroatoms. The van der Waals surface area contributed by atoms with E-state index in [0.717, 1.165) is 11.1 Å². The molecule has 0 aliphatic rings. The van der Waals surface area contributed by atoms with E-state index in [1.54, 1.807) is 38.3 Å². The second-order valence-corrected chi connectivity index (χ2v) is 6.59. The first-order valence-electron chi connectivity index (χ1n) is 8.97. The van der Waals surface area contributed by atoms with E-state index >= 15 is 0 Å². The summed E-state index contributed by atoms with van der Waals surface area (Å²) in [5.74, 6) is 0.755. The highest BCUT2D eigenvalue weighted by Gasteiger charge is 2.18. The summed E-state index contributed by atoms with van der Waals surface area (Å²) in [5, 5.41) is 18.4. The Balaban J connectivity index is 2.09. The van der Waals surface area contributed by atoms with Crippen LogP contribution in [-0.2, 0) is 7.05 Å². The summed E-state index contributed by atoms with van der Waals surface area (Å²) in [6, 6.07) is 7.36. The first-order chi connectivity index (χ1) is 13.9. The molecular formula is C20H23N7O2. The van der Waals surface area contributed by atoms with Crippen LogP contribution >= 0.6 is 0 Å². The lowest BCUT2D eigenvalue weighted by molar-refractivity contribution is 0.0958. The molecule has 0 fully saturated rings. The smallest absolute Gasteiger partial charge is 0.273 e. The molecule has 0 unspecified atom stereocenters. The molecule has 0 radical (unpaired) electrons. The lowest BCUT2D eigenvalue weighted by Gasteiger charge is -2.15. The summed E-state index contributed by atoms with van der Waals surface area (Å²) in [5.41, 5.74) is 3.78. The summed E-state index contributed by atoms with van der Waals surface area (Å²) in [7, 11) is 4.92. The third kappa shape index (κ3) is 4.40. The van der Waals surface area contributed by atoms with Gasteiger partial charge in [0.2, 0.25) is 0 Å². The maximum atomic E-state index is 12.3. The average Bonchev–Trinajstić information content (AvgIpc) is 3.13. The van der Waals surface area contributed by atoms with Crippen molar-refractivity contribution in [2.24, 2.45) is 7.05 Å².